The molecule has 1 aromatic carbocycles. The van der Waals surface area contributed by atoms with Crippen LogP contribution < -0.4 is 5.73 Å². The highest BCUT2D eigenvalue weighted by molar-refractivity contribution is 6.31. The van der Waals surface area contributed by atoms with Gasteiger partial charge in [-0.1, -0.05) is 11.6 Å². The molecule has 1 heterocycles. The van der Waals surface area contributed by atoms with Crippen molar-refractivity contribution < 1.29 is 4.42 Å². The van der Waals surface area contributed by atoms with Gasteiger partial charge in [0, 0.05) is 15.9 Å². The third-order valence-electron chi connectivity index (χ3n) is 3.72. The third kappa shape index (κ3) is 2.26. The Kier molecular flexibility index (Phi) is 3.41. The van der Waals surface area contributed by atoms with Crippen LogP contribution >= 0.6 is 11.6 Å². The van der Waals surface area contributed by atoms with E-state index in [1.54, 1.807) is 0 Å². The number of halogens is 1. The van der Waals surface area contributed by atoms with Crippen molar-refractivity contribution in [2.45, 2.75) is 25.4 Å². The minimum atomic E-state index is -0.196. The number of fused-ring (bicyclic) bond motifs is 1. The molecule has 0 bridgehead atoms. The summed E-state index contributed by atoms with van der Waals surface area (Å²) >= 11 is 5.97. The van der Waals surface area contributed by atoms with Crippen molar-refractivity contribution in [1.29, 1.82) is 0 Å². The van der Waals surface area contributed by atoms with Crippen LogP contribution in [-0.2, 0) is 0 Å². The molecule has 18 heavy (non-hydrogen) atoms. The fourth-order valence-electron chi connectivity index (χ4n) is 1.81. The van der Waals surface area contributed by atoms with Gasteiger partial charge in [-0.15, -0.1) is 0 Å². The maximum absolute atomic E-state index is 6.31. The molecule has 0 aliphatic carbocycles. The average Bonchev–Trinajstić information content (AvgIpc) is 2.70. The van der Waals surface area contributed by atoms with Crippen LogP contribution in [0.5, 0.6) is 0 Å². The fraction of sp³-hybridized carbons (Fsp3) is 0.429. The maximum atomic E-state index is 6.31. The minimum absolute atomic E-state index is 0.183. The monoisotopic (exact) mass is 266 g/mol. The highest BCUT2D eigenvalue weighted by Crippen LogP contribution is 2.32. The summed E-state index contributed by atoms with van der Waals surface area (Å²) in [5, 5.41) is 1.69. The third-order valence-corrected chi connectivity index (χ3v) is 3.95. The summed E-state index contributed by atoms with van der Waals surface area (Å²) in [4.78, 5) is 2.10. The number of hydrogen-bond donors (Lipinski definition) is 1. The molecule has 2 N–H and O–H groups in total. The number of benzene rings is 1. The molecule has 2 rings (SSSR count). The largest absolute Gasteiger partial charge is 0.459 e. The number of nitrogens with zero attached hydrogens (tertiary/aromatic N) is 1. The van der Waals surface area contributed by atoms with Gasteiger partial charge in [-0.3, -0.25) is 0 Å². The Morgan fingerprint density at radius 1 is 1.28 bits per heavy atom. The van der Waals surface area contributed by atoms with Crippen molar-refractivity contribution in [2.75, 3.05) is 14.1 Å². The molecule has 3 nitrogen and oxygen atoms in total. The molecule has 0 amide bonds. The molecule has 1 unspecified atom stereocenters. The van der Waals surface area contributed by atoms with E-state index in [2.05, 4.69) is 18.7 Å². The number of furan rings is 1. The molecular formula is C14H19ClN2O. The van der Waals surface area contributed by atoms with Crippen molar-refractivity contribution in [3.63, 3.8) is 0 Å². The van der Waals surface area contributed by atoms with E-state index < -0.39 is 0 Å². The van der Waals surface area contributed by atoms with Crippen molar-refractivity contribution in [3.05, 3.63) is 35.0 Å². The molecule has 0 spiro atoms. The second-order valence-electron chi connectivity index (χ2n) is 5.36. The number of nitrogens with two attached hydrogens (primary N) is 1. The summed E-state index contributed by atoms with van der Waals surface area (Å²) in [6.45, 7) is 4.19. The van der Waals surface area contributed by atoms with Crippen LogP contribution in [0.25, 0.3) is 11.0 Å². The molecule has 0 fully saturated rings. The van der Waals surface area contributed by atoms with E-state index in [1.165, 1.54) is 0 Å². The van der Waals surface area contributed by atoms with Crippen molar-refractivity contribution in [2.24, 2.45) is 5.73 Å². The molecule has 98 valence electrons. The SMILES string of the molecule is CN(C)C(C)(C)C(N)c1cc2cc(Cl)ccc2o1. The summed E-state index contributed by atoms with van der Waals surface area (Å²) in [7, 11) is 4.03. The van der Waals surface area contributed by atoms with E-state index >= 15 is 0 Å². The lowest BCUT2D eigenvalue weighted by Crippen LogP contribution is -2.47. The van der Waals surface area contributed by atoms with E-state index in [-0.39, 0.29) is 11.6 Å². The molecule has 0 aliphatic rings. The van der Waals surface area contributed by atoms with Crippen molar-refractivity contribution >= 4 is 22.6 Å². The molecule has 0 saturated carbocycles. The van der Waals surface area contributed by atoms with Gasteiger partial charge in [-0.25, -0.2) is 0 Å². The van der Waals surface area contributed by atoms with E-state index in [1.807, 2.05) is 38.4 Å². The summed E-state index contributed by atoms with van der Waals surface area (Å²) in [5.74, 6) is 0.783. The lowest BCUT2D eigenvalue weighted by atomic mass is 9.92. The number of likely N-dealkylation sites (N-methyl/N-ethyl adjacent to an activating group) is 1. The molecule has 0 aliphatic heterocycles. The van der Waals surface area contributed by atoms with Crippen LogP contribution in [0.15, 0.2) is 28.7 Å². The molecule has 1 aromatic heterocycles. The Morgan fingerprint density at radius 2 is 1.94 bits per heavy atom. The van der Waals surface area contributed by atoms with E-state index in [4.69, 9.17) is 21.8 Å². The highest BCUT2D eigenvalue weighted by atomic mass is 35.5. The molecule has 0 saturated heterocycles. The van der Waals surface area contributed by atoms with Gasteiger partial charge in [0.1, 0.15) is 11.3 Å². The topological polar surface area (TPSA) is 42.4 Å². The van der Waals surface area contributed by atoms with E-state index in [9.17, 15) is 0 Å². The first-order valence-corrected chi connectivity index (χ1v) is 6.32. The van der Waals surface area contributed by atoms with Crippen molar-refractivity contribution in [3.8, 4) is 0 Å². The van der Waals surface area contributed by atoms with Crippen LogP contribution in [0, 0.1) is 0 Å². The quantitative estimate of drug-likeness (QED) is 0.926. The fourth-order valence-corrected chi connectivity index (χ4v) is 1.99. The Balaban J connectivity index is 2.42. The summed E-state index contributed by atoms with van der Waals surface area (Å²) in [6, 6.07) is 7.35. The van der Waals surface area contributed by atoms with Crippen LogP contribution in [0.3, 0.4) is 0 Å². The van der Waals surface area contributed by atoms with Gasteiger partial charge in [0.25, 0.3) is 0 Å². The molecule has 1 atom stereocenters. The summed E-state index contributed by atoms with van der Waals surface area (Å²) in [5.41, 5.74) is 6.94. The molecular weight excluding hydrogens is 248 g/mol. The number of rotatable bonds is 3. The zero-order chi connectivity index (χ0) is 13.5. The highest BCUT2D eigenvalue weighted by Gasteiger charge is 2.32. The second kappa shape index (κ2) is 4.57. The first-order chi connectivity index (χ1) is 8.32. The lowest BCUT2D eigenvalue weighted by Gasteiger charge is -2.36. The average molecular weight is 267 g/mol. The number of hydrogen-bond acceptors (Lipinski definition) is 3. The van der Waals surface area contributed by atoms with Gasteiger partial charge in [0.05, 0.1) is 6.04 Å². The van der Waals surface area contributed by atoms with E-state index in [0.717, 1.165) is 16.7 Å². The smallest absolute Gasteiger partial charge is 0.134 e. The van der Waals surface area contributed by atoms with E-state index in [0.29, 0.717) is 5.02 Å². The molecule has 0 radical (unpaired) electrons. The van der Waals surface area contributed by atoms with Crippen LogP contribution in [0.1, 0.15) is 25.6 Å². The van der Waals surface area contributed by atoms with Gasteiger partial charge in [0.2, 0.25) is 0 Å². The summed E-state index contributed by atoms with van der Waals surface area (Å²) < 4.78 is 5.81. The first-order valence-electron chi connectivity index (χ1n) is 5.94. The van der Waals surface area contributed by atoms with Gasteiger partial charge in [-0.2, -0.15) is 0 Å². The lowest BCUT2D eigenvalue weighted by molar-refractivity contribution is 0.148. The zero-order valence-electron chi connectivity index (χ0n) is 11.2. The molecule has 4 heteroatoms. The molecule has 2 aromatic rings. The van der Waals surface area contributed by atoms with Crippen LogP contribution in [0.2, 0.25) is 5.02 Å². The van der Waals surface area contributed by atoms with Gasteiger partial charge >= 0.3 is 0 Å². The standard InChI is InChI=1S/C14H19ClN2O/c1-14(2,17(3)4)13(16)12-8-9-7-10(15)5-6-11(9)18-12/h5-8,13H,16H2,1-4H3. The Bertz CT molecular complexity index is 560. The predicted octanol–water partition coefficient (Wildman–Crippen LogP) is 3.43. The summed E-state index contributed by atoms with van der Waals surface area (Å²) in [6.07, 6.45) is 0. The Hall–Kier alpha value is -1.03. The minimum Gasteiger partial charge on any atom is -0.459 e. The van der Waals surface area contributed by atoms with Gasteiger partial charge < -0.3 is 15.1 Å². The van der Waals surface area contributed by atoms with Crippen LogP contribution in [-0.4, -0.2) is 24.5 Å². The second-order valence-corrected chi connectivity index (χ2v) is 5.79. The Morgan fingerprint density at radius 3 is 2.56 bits per heavy atom. The normalized spacial score (nSPS) is 14.4. The van der Waals surface area contributed by atoms with Gasteiger partial charge in [-0.05, 0) is 52.2 Å². The van der Waals surface area contributed by atoms with Crippen molar-refractivity contribution in [1.82, 2.24) is 4.90 Å². The maximum Gasteiger partial charge on any atom is 0.134 e. The van der Waals surface area contributed by atoms with Gasteiger partial charge in [0.15, 0.2) is 0 Å². The predicted molar refractivity (Wildman–Crippen MR) is 75.9 cm³/mol. The first kappa shape index (κ1) is 13.4. The Labute approximate surface area is 113 Å². The van der Waals surface area contributed by atoms with Crippen LogP contribution in [0.4, 0.5) is 0 Å². The zero-order valence-corrected chi connectivity index (χ0v) is 12.0.